The van der Waals surface area contributed by atoms with Crippen molar-refractivity contribution in [1.82, 2.24) is 10.2 Å². The monoisotopic (exact) mass is 332 g/mol. The van der Waals surface area contributed by atoms with Crippen LogP contribution in [0, 0.1) is 11.8 Å². The summed E-state index contributed by atoms with van der Waals surface area (Å²) in [6.07, 6.45) is 0.637. The molecule has 2 N–H and O–H groups in total. The van der Waals surface area contributed by atoms with Crippen LogP contribution >= 0.6 is 0 Å². The van der Waals surface area contributed by atoms with E-state index in [0.717, 1.165) is 5.75 Å². The van der Waals surface area contributed by atoms with E-state index < -0.39 is 17.8 Å². The van der Waals surface area contributed by atoms with Crippen LogP contribution in [-0.4, -0.2) is 53.5 Å². The topological polar surface area (TPSA) is 95.9 Å². The zero-order chi connectivity index (χ0) is 17.1. The second kappa shape index (κ2) is 6.90. The third kappa shape index (κ3) is 3.84. The minimum absolute atomic E-state index is 0.0254. The number of hydrogen-bond acceptors (Lipinski definition) is 4. The molecule has 1 aliphatic heterocycles. The van der Waals surface area contributed by atoms with Crippen molar-refractivity contribution in [3.63, 3.8) is 0 Å². The number of ether oxygens (including phenoxy) is 1. The highest BCUT2D eigenvalue weighted by Gasteiger charge is 2.49. The highest BCUT2D eigenvalue weighted by atomic mass is 16.5. The number of hydrogen-bond donors (Lipinski definition) is 2. The first-order chi connectivity index (χ1) is 11.5. The third-order valence-electron chi connectivity index (χ3n) is 4.38. The zero-order valence-corrected chi connectivity index (χ0v) is 13.2. The number of likely N-dealkylation sites (tertiary alicyclic amines) is 1. The van der Waals surface area contributed by atoms with E-state index in [2.05, 4.69) is 5.32 Å². The van der Waals surface area contributed by atoms with E-state index in [1.807, 2.05) is 30.3 Å². The summed E-state index contributed by atoms with van der Waals surface area (Å²) in [7, 11) is 0. The lowest BCUT2D eigenvalue weighted by Gasteiger charge is -2.17. The lowest BCUT2D eigenvalue weighted by Crippen LogP contribution is -2.39. The molecule has 0 unspecified atom stereocenters. The molecule has 1 aromatic rings. The standard InChI is InChI=1S/C17H20N2O5/c20-15-8-11(18-16(21)13-9-14(13)17(22)23)10-19(15)6-7-24-12-4-2-1-3-5-12/h1-5,11,13-14H,6-10H2,(H,18,21)(H,22,23)/t11-,13+,14-/m1/s1. The van der Waals surface area contributed by atoms with Crippen molar-refractivity contribution in [1.29, 1.82) is 0 Å². The SMILES string of the molecule is O=C(N[C@@H]1CC(=O)N(CCOc2ccccc2)C1)[C@H]1C[C@H]1C(=O)O. The van der Waals surface area contributed by atoms with Gasteiger partial charge in [0.25, 0.3) is 0 Å². The van der Waals surface area contributed by atoms with Crippen LogP contribution in [0.1, 0.15) is 12.8 Å². The van der Waals surface area contributed by atoms with Gasteiger partial charge in [-0.1, -0.05) is 18.2 Å². The van der Waals surface area contributed by atoms with E-state index in [0.29, 0.717) is 26.1 Å². The first kappa shape index (κ1) is 16.3. The molecule has 7 heteroatoms. The molecule has 0 radical (unpaired) electrons. The van der Waals surface area contributed by atoms with E-state index >= 15 is 0 Å². The molecule has 24 heavy (non-hydrogen) atoms. The molecule has 128 valence electrons. The number of amides is 2. The van der Waals surface area contributed by atoms with Crippen LogP contribution in [0.4, 0.5) is 0 Å². The molecule has 1 aromatic carbocycles. The predicted molar refractivity (Wildman–Crippen MR) is 84.3 cm³/mol. The van der Waals surface area contributed by atoms with Gasteiger partial charge in [0, 0.05) is 13.0 Å². The van der Waals surface area contributed by atoms with Gasteiger partial charge in [-0.05, 0) is 18.6 Å². The predicted octanol–water partition coefficient (Wildman–Crippen LogP) is 0.503. The van der Waals surface area contributed by atoms with E-state index in [1.165, 1.54) is 0 Å². The Kier molecular flexibility index (Phi) is 4.69. The van der Waals surface area contributed by atoms with Crippen LogP contribution in [-0.2, 0) is 14.4 Å². The first-order valence-corrected chi connectivity index (χ1v) is 8.03. The molecule has 0 spiro atoms. The van der Waals surface area contributed by atoms with Gasteiger partial charge in [-0.3, -0.25) is 14.4 Å². The summed E-state index contributed by atoms with van der Waals surface area (Å²) < 4.78 is 5.57. The minimum Gasteiger partial charge on any atom is -0.492 e. The first-order valence-electron chi connectivity index (χ1n) is 8.03. The molecule has 2 aliphatic rings. The Balaban J connectivity index is 1.41. The number of carboxylic acid groups (broad SMARTS) is 1. The molecule has 3 atom stereocenters. The van der Waals surface area contributed by atoms with Gasteiger partial charge in [0.1, 0.15) is 12.4 Å². The van der Waals surface area contributed by atoms with Crippen molar-refractivity contribution in [3.8, 4) is 5.75 Å². The van der Waals surface area contributed by atoms with Crippen LogP contribution in [0.15, 0.2) is 30.3 Å². The molecule has 0 bridgehead atoms. The van der Waals surface area contributed by atoms with E-state index in [1.54, 1.807) is 4.90 Å². The number of carbonyl (C=O) groups excluding carboxylic acids is 2. The Bertz CT molecular complexity index is 633. The second-order valence-corrected chi connectivity index (χ2v) is 6.20. The maximum Gasteiger partial charge on any atom is 0.307 e. The molecular formula is C17H20N2O5. The normalized spacial score (nSPS) is 25.4. The summed E-state index contributed by atoms with van der Waals surface area (Å²) in [5.74, 6) is -1.49. The number of nitrogens with zero attached hydrogens (tertiary/aromatic N) is 1. The Hall–Kier alpha value is -2.57. The third-order valence-corrected chi connectivity index (χ3v) is 4.38. The molecule has 1 saturated heterocycles. The molecule has 2 fully saturated rings. The van der Waals surface area contributed by atoms with Crippen molar-refractivity contribution in [2.75, 3.05) is 19.7 Å². The van der Waals surface area contributed by atoms with E-state index in [4.69, 9.17) is 9.84 Å². The largest absolute Gasteiger partial charge is 0.492 e. The van der Waals surface area contributed by atoms with Gasteiger partial charge in [-0.25, -0.2) is 0 Å². The Morgan fingerprint density at radius 3 is 2.67 bits per heavy atom. The Morgan fingerprint density at radius 1 is 1.25 bits per heavy atom. The van der Waals surface area contributed by atoms with E-state index in [-0.39, 0.29) is 24.3 Å². The van der Waals surface area contributed by atoms with Gasteiger partial charge >= 0.3 is 5.97 Å². The number of nitrogens with one attached hydrogen (secondary N) is 1. The fourth-order valence-electron chi connectivity index (χ4n) is 2.94. The number of carbonyl (C=O) groups is 3. The summed E-state index contributed by atoms with van der Waals surface area (Å²) in [4.78, 5) is 36.4. The Morgan fingerprint density at radius 2 is 2.00 bits per heavy atom. The van der Waals surface area contributed by atoms with Crippen molar-refractivity contribution in [2.45, 2.75) is 18.9 Å². The lowest BCUT2D eigenvalue weighted by atomic mass is 10.2. The molecule has 0 aromatic heterocycles. The number of rotatable bonds is 7. The number of benzene rings is 1. The average molecular weight is 332 g/mol. The van der Waals surface area contributed by atoms with Crippen LogP contribution in [0.2, 0.25) is 0 Å². The number of aliphatic carboxylic acids is 1. The highest BCUT2D eigenvalue weighted by Crippen LogP contribution is 2.38. The van der Waals surface area contributed by atoms with E-state index in [9.17, 15) is 14.4 Å². The smallest absolute Gasteiger partial charge is 0.307 e. The maximum absolute atomic E-state index is 12.0. The average Bonchev–Trinajstić information content (AvgIpc) is 3.29. The van der Waals surface area contributed by atoms with Gasteiger partial charge in [0.2, 0.25) is 11.8 Å². The summed E-state index contributed by atoms with van der Waals surface area (Å²) in [6, 6.07) is 9.11. The molecule has 1 aliphatic carbocycles. The summed E-state index contributed by atoms with van der Waals surface area (Å²) in [5.41, 5.74) is 0. The van der Waals surface area contributed by atoms with Crippen molar-refractivity contribution >= 4 is 17.8 Å². The van der Waals surface area contributed by atoms with Gasteiger partial charge < -0.3 is 20.1 Å². The van der Waals surface area contributed by atoms with Crippen molar-refractivity contribution in [3.05, 3.63) is 30.3 Å². The quantitative estimate of drug-likeness (QED) is 0.758. The van der Waals surface area contributed by atoms with Crippen molar-refractivity contribution in [2.24, 2.45) is 11.8 Å². The van der Waals surface area contributed by atoms with Gasteiger partial charge in [-0.15, -0.1) is 0 Å². The van der Waals surface area contributed by atoms with Crippen molar-refractivity contribution < 1.29 is 24.2 Å². The summed E-state index contributed by atoms with van der Waals surface area (Å²) in [5, 5.41) is 11.6. The number of carboxylic acids is 1. The lowest BCUT2D eigenvalue weighted by molar-refractivity contribution is -0.140. The Labute approximate surface area is 139 Å². The molecular weight excluding hydrogens is 312 g/mol. The molecule has 7 nitrogen and oxygen atoms in total. The molecule has 3 rings (SSSR count). The fraction of sp³-hybridized carbons (Fsp3) is 0.471. The van der Waals surface area contributed by atoms with Crippen LogP contribution in [0.25, 0.3) is 0 Å². The van der Waals surface area contributed by atoms with Gasteiger partial charge in [0.15, 0.2) is 0 Å². The molecule has 1 heterocycles. The second-order valence-electron chi connectivity index (χ2n) is 6.20. The fourth-order valence-corrected chi connectivity index (χ4v) is 2.94. The zero-order valence-electron chi connectivity index (χ0n) is 13.2. The molecule has 2 amide bonds. The van der Waals surface area contributed by atoms with Gasteiger partial charge in [0.05, 0.1) is 24.4 Å². The van der Waals surface area contributed by atoms with Crippen LogP contribution < -0.4 is 10.1 Å². The molecule has 1 saturated carbocycles. The van der Waals surface area contributed by atoms with Crippen LogP contribution in [0.3, 0.4) is 0 Å². The summed E-state index contributed by atoms with van der Waals surface area (Å²) in [6.45, 7) is 1.29. The highest BCUT2D eigenvalue weighted by molar-refractivity contribution is 5.90. The minimum atomic E-state index is -0.933. The maximum atomic E-state index is 12.0. The van der Waals surface area contributed by atoms with Gasteiger partial charge in [-0.2, -0.15) is 0 Å². The number of para-hydroxylation sites is 1. The van der Waals surface area contributed by atoms with Crippen LogP contribution in [0.5, 0.6) is 5.75 Å². The summed E-state index contributed by atoms with van der Waals surface area (Å²) >= 11 is 0.